The molecular formula is C14H27N3O. The summed E-state index contributed by atoms with van der Waals surface area (Å²) in [4.78, 5) is 17.0. The Labute approximate surface area is 111 Å². The number of piperazine rings is 1. The van der Waals surface area contributed by atoms with Crippen LogP contribution in [-0.2, 0) is 4.79 Å². The van der Waals surface area contributed by atoms with E-state index in [1.807, 2.05) is 0 Å². The van der Waals surface area contributed by atoms with Crippen LogP contribution in [0.15, 0.2) is 0 Å². The van der Waals surface area contributed by atoms with E-state index < -0.39 is 0 Å². The standard InChI is InChI=1S/C14H27N3O/c1-10-6-5-7-13(15-10)14(18)17-8-11(2)16(4)12(3)9-17/h10-13,15H,5-9H2,1-4H3. The fourth-order valence-corrected chi connectivity index (χ4v) is 3.14. The van der Waals surface area contributed by atoms with Crippen LogP contribution in [-0.4, -0.2) is 60.0 Å². The van der Waals surface area contributed by atoms with E-state index in [1.54, 1.807) is 0 Å². The van der Waals surface area contributed by atoms with Gasteiger partial charge in [0, 0.05) is 31.2 Å². The largest absolute Gasteiger partial charge is 0.338 e. The van der Waals surface area contributed by atoms with Crippen LogP contribution in [0, 0.1) is 0 Å². The van der Waals surface area contributed by atoms with Crippen LogP contribution >= 0.6 is 0 Å². The molecule has 4 nitrogen and oxygen atoms in total. The molecule has 2 fully saturated rings. The average Bonchev–Trinajstić information content (AvgIpc) is 2.34. The zero-order chi connectivity index (χ0) is 13.3. The molecule has 2 rings (SSSR count). The molecule has 104 valence electrons. The Morgan fingerprint density at radius 2 is 1.72 bits per heavy atom. The zero-order valence-corrected chi connectivity index (χ0v) is 12.1. The maximum absolute atomic E-state index is 12.5. The van der Waals surface area contributed by atoms with Gasteiger partial charge in [-0.2, -0.15) is 0 Å². The first-order valence-electron chi connectivity index (χ1n) is 7.25. The smallest absolute Gasteiger partial charge is 0.239 e. The molecule has 1 N–H and O–H groups in total. The maximum Gasteiger partial charge on any atom is 0.239 e. The monoisotopic (exact) mass is 253 g/mol. The number of hydrogen-bond acceptors (Lipinski definition) is 3. The molecule has 4 unspecified atom stereocenters. The molecule has 0 radical (unpaired) electrons. The molecule has 18 heavy (non-hydrogen) atoms. The SMILES string of the molecule is CC1CCCC(C(=O)N2CC(C)N(C)C(C)C2)N1. The highest BCUT2D eigenvalue weighted by molar-refractivity contribution is 5.82. The maximum atomic E-state index is 12.5. The van der Waals surface area contributed by atoms with E-state index in [4.69, 9.17) is 0 Å². The van der Waals surface area contributed by atoms with Crippen molar-refractivity contribution in [2.45, 2.75) is 64.2 Å². The number of likely N-dealkylation sites (N-methyl/N-ethyl adjacent to an activating group) is 1. The third-order valence-corrected chi connectivity index (χ3v) is 4.59. The number of nitrogens with one attached hydrogen (secondary N) is 1. The summed E-state index contributed by atoms with van der Waals surface area (Å²) >= 11 is 0. The quantitative estimate of drug-likeness (QED) is 0.759. The van der Waals surface area contributed by atoms with Crippen LogP contribution in [0.1, 0.15) is 40.0 Å². The predicted octanol–water partition coefficient (Wildman–Crippen LogP) is 1.07. The number of piperidine rings is 1. The number of carbonyl (C=O) groups is 1. The molecule has 0 bridgehead atoms. The molecule has 4 atom stereocenters. The Balaban J connectivity index is 1.96. The van der Waals surface area contributed by atoms with Crippen molar-refractivity contribution in [3.8, 4) is 0 Å². The summed E-state index contributed by atoms with van der Waals surface area (Å²) in [7, 11) is 2.15. The minimum atomic E-state index is 0.0524. The van der Waals surface area contributed by atoms with E-state index in [9.17, 15) is 4.79 Å². The van der Waals surface area contributed by atoms with Gasteiger partial charge in [-0.1, -0.05) is 0 Å². The van der Waals surface area contributed by atoms with Crippen molar-refractivity contribution in [3.05, 3.63) is 0 Å². The molecule has 0 aliphatic carbocycles. The Kier molecular flexibility index (Phi) is 4.28. The average molecular weight is 253 g/mol. The van der Waals surface area contributed by atoms with Crippen LogP contribution in [0.4, 0.5) is 0 Å². The number of hydrogen-bond donors (Lipinski definition) is 1. The van der Waals surface area contributed by atoms with E-state index in [0.717, 1.165) is 19.5 Å². The van der Waals surface area contributed by atoms with Gasteiger partial charge in [0.05, 0.1) is 6.04 Å². The normalized spacial score (nSPS) is 38.8. The molecule has 0 spiro atoms. The number of carbonyl (C=O) groups excluding carboxylic acids is 1. The molecule has 1 amide bonds. The molecule has 2 aliphatic rings. The van der Waals surface area contributed by atoms with Crippen molar-refractivity contribution in [1.82, 2.24) is 15.1 Å². The Morgan fingerprint density at radius 1 is 1.11 bits per heavy atom. The number of amides is 1. The predicted molar refractivity (Wildman–Crippen MR) is 73.5 cm³/mol. The fourth-order valence-electron chi connectivity index (χ4n) is 3.14. The van der Waals surface area contributed by atoms with E-state index in [2.05, 4.69) is 42.9 Å². The molecule has 2 aliphatic heterocycles. The second kappa shape index (κ2) is 5.57. The number of nitrogens with zero attached hydrogens (tertiary/aromatic N) is 2. The van der Waals surface area contributed by atoms with Crippen LogP contribution in [0.25, 0.3) is 0 Å². The lowest BCUT2D eigenvalue weighted by molar-refractivity contribution is -0.138. The highest BCUT2D eigenvalue weighted by Crippen LogP contribution is 2.18. The van der Waals surface area contributed by atoms with Gasteiger partial charge < -0.3 is 10.2 Å². The van der Waals surface area contributed by atoms with Gasteiger partial charge in [0.1, 0.15) is 0 Å². The molecule has 0 aromatic heterocycles. The van der Waals surface area contributed by atoms with Gasteiger partial charge in [-0.3, -0.25) is 9.69 Å². The summed E-state index contributed by atoms with van der Waals surface area (Å²) in [5.41, 5.74) is 0. The molecule has 0 saturated carbocycles. The van der Waals surface area contributed by atoms with Crippen LogP contribution in [0.2, 0.25) is 0 Å². The molecule has 2 heterocycles. The summed E-state index contributed by atoms with van der Waals surface area (Å²) < 4.78 is 0. The van der Waals surface area contributed by atoms with Gasteiger partial charge in [-0.15, -0.1) is 0 Å². The summed E-state index contributed by atoms with van der Waals surface area (Å²) in [6, 6.07) is 1.45. The van der Waals surface area contributed by atoms with Gasteiger partial charge in [-0.25, -0.2) is 0 Å². The third kappa shape index (κ3) is 2.86. The van der Waals surface area contributed by atoms with E-state index in [1.165, 1.54) is 12.8 Å². The zero-order valence-electron chi connectivity index (χ0n) is 12.1. The van der Waals surface area contributed by atoms with E-state index in [-0.39, 0.29) is 6.04 Å². The molecule has 0 aromatic rings. The van der Waals surface area contributed by atoms with Crippen molar-refractivity contribution >= 4 is 5.91 Å². The summed E-state index contributed by atoms with van der Waals surface area (Å²) in [6.45, 7) is 8.31. The highest BCUT2D eigenvalue weighted by Gasteiger charge is 2.33. The second-order valence-electron chi connectivity index (χ2n) is 6.16. The summed E-state index contributed by atoms with van der Waals surface area (Å²) in [5.74, 6) is 0.313. The van der Waals surface area contributed by atoms with Crippen LogP contribution < -0.4 is 5.32 Å². The van der Waals surface area contributed by atoms with Gasteiger partial charge in [0.2, 0.25) is 5.91 Å². The Morgan fingerprint density at radius 3 is 2.28 bits per heavy atom. The topological polar surface area (TPSA) is 35.6 Å². The third-order valence-electron chi connectivity index (χ3n) is 4.59. The van der Waals surface area contributed by atoms with Crippen LogP contribution in [0.5, 0.6) is 0 Å². The first-order chi connectivity index (χ1) is 8.49. The molecule has 0 aromatic carbocycles. The fraction of sp³-hybridized carbons (Fsp3) is 0.929. The molecule has 2 saturated heterocycles. The van der Waals surface area contributed by atoms with Crippen molar-refractivity contribution in [3.63, 3.8) is 0 Å². The summed E-state index contributed by atoms with van der Waals surface area (Å²) in [6.07, 6.45) is 3.36. The van der Waals surface area contributed by atoms with Gasteiger partial charge in [0.15, 0.2) is 0 Å². The molecular weight excluding hydrogens is 226 g/mol. The number of rotatable bonds is 1. The lowest BCUT2D eigenvalue weighted by Gasteiger charge is -2.44. The van der Waals surface area contributed by atoms with Gasteiger partial charge in [0.25, 0.3) is 0 Å². The Bertz CT molecular complexity index is 295. The van der Waals surface area contributed by atoms with E-state index >= 15 is 0 Å². The second-order valence-corrected chi connectivity index (χ2v) is 6.16. The van der Waals surface area contributed by atoms with Crippen LogP contribution in [0.3, 0.4) is 0 Å². The van der Waals surface area contributed by atoms with Gasteiger partial charge >= 0.3 is 0 Å². The lowest BCUT2D eigenvalue weighted by Crippen LogP contribution is -2.60. The van der Waals surface area contributed by atoms with Crippen molar-refractivity contribution in [1.29, 1.82) is 0 Å². The van der Waals surface area contributed by atoms with Crippen molar-refractivity contribution in [2.24, 2.45) is 0 Å². The van der Waals surface area contributed by atoms with Crippen molar-refractivity contribution < 1.29 is 4.79 Å². The first kappa shape index (κ1) is 13.8. The minimum Gasteiger partial charge on any atom is -0.338 e. The minimum absolute atomic E-state index is 0.0524. The molecule has 4 heteroatoms. The van der Waals surface area contributed by atoms with Gasteiger partial charge in [-0.05, 0) is 47.1 Å². The summed E-state index contributed by atoms with van der Waals surface area (Å²) in [5, 5.41) is 3.45. The van der Waals surface area contributed by atoms with Crippen molar-refractivity contribution in [2.75, 3.05) is 20.1 Å². The first-order valence-corrected chi connectivity index (χ1v) is 7.25. The van der Waals surface area contributed by atoms with E-state index in [0.29, 0.717) is 24.0 Å². The highest BCUT2D eigenvalue weighted by atomic mass is 16.2. The lowest BCUT2D eigenvalue weighted by atomic mass is 9.97. The Hall–Kier alpha value is -0.610.